The number of methoxy groups -OCH3 is 1. The summed E-state index contributed by atoms with van der Waals surface area (Å²) in [5.74, 6) is 2.25. The van der Waals surface area contributed by atoms with Crippen molar-refractivity contribution < 1.29 is 9.13 Å². The number of rotatable bonds is 4. The van der Waals surface area contributed by atoms with E-state index in [4.69, 9.17) is 4.74 Å². The second-order valence-electron chi connectivity index (χ2n) is 6.49. The van der Waals surface area contributed by atoms with E-state index in [1.54, 1.807) is 19.3 Å². The van der Waals surface area contributed by atoms with Crippen LogP contribution in [0.3, 0.4) is 0 Å². The van der Waals surface area contributed by atoms with Crippen molar-refractivity contribution in [3.05, 3.63) is 53.9 Å². The van der Waals surface area contributed by atoms with Gasteiger partial charge in [-0.25, -0.2) is 4.39 Å². The maximum absolute atomic E-state index is 13.3. The lowest BCUT2D eigenvalue weighted by atomic mass is 9.89. The molecule has 0 saturated carbocycles. The smallest absolute Gasteiger partial charge is 0.120 e. The minimum atomic E-state index is -0.206. The number of hydrogen-bond donors (Lipinski definition) is 1. The van der Waals surface area contributed by atoms with Crippen LogP contribution in [0, 0.1) is 0 Å². The van der Waals surface area contributed by atoms with Gasteiger partial charge in [-0.05, 0) is 61.7 Å². The van der Waals surface area contributed by atoms with Crippen LogP contribution in [-0.4, -0.2) is 50.6 Å². The Balaban J connectivity index is 1.53. The van der Waals surface area contributed by atoms with Gasteiger partial charge >= 0.3 is 0 Å². The van der Waals surface area contributed by atoms with Crippen LogP contribution in [0.5, 0.6) is 5.75 Å². The normalized spacial score (nSPS) is 23.3. The Hall–Kier alpha value is -2.14. The van der Waals surface area contributed by atoms with Crippen molar-refractivity contribution in [3.63, 3.8) is 0 Å². The first-order valence-corrected chi connectivity index (χ1v) is 8.90. The van der Waals surface area contributed by atoms with Gasteiger partial charge in [0, 0.05) is 6.54 Å². The topological polar surface area (TPSA) is 36.9 Å². The number of allylic oxidation sites excluding steroid dienone is 2. The molecule has 25 heavy (non-hydrogen) atoms. The Kier molecular flexibility index (Phi) is 6.23. The van der Waals surface area contributed by atoms with Gasteiger partial charge in [-0.15, -0.1) is 0 Å². The van der Waals surface area contributed by atoms with Crippen LogP contribution in [0.4, 0.5) is 4.39 Å². The molecule has 0 unspecified atom stereocenters. The van der Waals surface area contributed by atoms with Crippen LogP contribution in [-0.2, 0) is 0 Å². The minimum Gasteiger partial charge on any atom is -0.497 e. The Morgan fingerprint density at radius 3 is 2.96 bits per heavy atom. The first-order chi connectivity index (χ1) is 12.2. The monoisotopic (exact) mass is 343 g/mol. The van der Waals surface area contributed by atoms with Gasteiger partial charge in [0.2, 0.25) is 0 Å². The average Bonchev–Trinajstić information content (AvgIpc) is 2.75. The van der Waals surface area contributed by atoms with Crippen LogP contribution in [0.15, 0.2) is 53.3 Å². The number of ether oxygens (including phenoxy) is 1. The average molecular weight is 343 g/mol. The molecule has 1 fully saturated rings. The minimum absolute atomic E-state index is 0.206. The van der Waals surface area contributed by atoms with Crippen molar-refractivity contribution in [1.29, 1.82) is 0 Å². The van der Waals surface area contributed by atoms with Gasteiger partial charge in [-0.2, -0.15) is 0 Å². The number of halogens is 1. The molecule has 3 rings (SSSR count). The highest BCUT2D eigenvalue weighted by Crippen LogP contribution is 2.29. The summed E-state index contributed by atoms with van der Waals surface area (Å²) >= 11 is 0. The quantitative estimate of drug-likeness (QED) is 0.911. The SMILES string of the molecule is COc1cccc(C2CCN(CC3=NC/C=C\C(F)=C/CN3)CC2)c1. The zero-order valence-corrected chi connectivity index (χ0v) is 14.7. The van der Waals surface area contributed by atoms with E-state index in [1.165, 1.54) is 11.6 Å². The van der Waals surface area contributed by atoms with E-state index in [0.717, 1.165) is 44.1 Å². The molecule has 1 aromatic rings. The number of amidine groups is 1. The standard InChI is InChI=1S/C20H26FN3O/c1-25-19-6-2-4-17(14-19)16-8-12-24(13-9-16)15-20-22-10-3-5-18(21)7-11-23-20/h2-7,14,16H,8-13,15H2,1H3,(H,22,23)/b5-3-,18-7+. The largest absolute Gasteiger partial charge is 0.497 e. The molecule has 0 aliphatic carbocycles. The van der Waals surface area contributed by atoms with Crippen LogP contribution in [0.2, 0.25) is 0 Å². The van der Waals surface area contributed by atoms with E-state index in [1.807, 2.05) is 6.07 Å². The molecule has 0 radical (unpaired) electrons. The summed E-state index contributed by atoms with van der Waals surface area (Å²) in [6.07, 6.45) is 7.05. The first kappa shape index (κ1) is 17.7. The predicted octanol–water partition coefficient (Wildman–Crippen LogP) is 3.29. The second kappa shape index (κ2) is 8.81. The van der Waals surface area contributed by atoms with E-state index in [0.29, 0.717) is 19.0 Å². The molecule has 0 atom stereocenters. The predicted molar refractivity (Wildman–Crippen MR) is 100 cm³/mol. The van der Waals surface area contributed by atoms with Gasteiger partial charge in [-0.1, -0.05) is 18.2 Å². The summed E-state index contributed by atoms with van der Waals surface area (Å²) in [6.45, 7) is 3.89. The van der Waals surface area contributed by atoms with E-state index >= 15 is 0 Å². The molecule has 1 aromatic carbocycles. The molecule has 5 heteroatoms. The summed E-state index contributed by atoms with van der Waals surface area (Å²) in [6, 6.07) is 8.40. The van der Waals surface area contributed by atoms with E-state index in [-0.39, 0.29) is 5.83 Å². The molecule has 0 spiro atoms. The Morgan fingerprint density at radius 2 is 2.16 bits per heavy atom. The molecular formula is C20H26FN3O. The first-order valence-electron chi connectivity index (χ1n) is 8.90. The van der Waals surface area contributed by atoms with Crippen LogP contribution >= 0.6 is 0 Å². The highest BCUT2D eigenvalue weighted by Gasteiger charge is 2.21. The van der Waals surface area contributed by atoms with E-state index in [9.17, 15) is 4.39 Å². The third-order valence-electron chi connectivity index (χ3n) is 4.79. The van der Waals surface area contributed by atoms with Crippen molar-refractivity contribution in [1.82, 2.24) is 10.2 Å². The summed E-state index contributed by atoms with van der Waals surface area (Å²) < 4.78 is 18.6. The van der Waals surface area contributed by atoms with Crippen LogP contribution < -0.4 is 10.1 Å². The zero-order valence-electron chi connectivity index (χ0n) is 14.7. The molecule has 1 N–H and O–H groups in total. The summed E-state index contributed by atoms with van der Waals surface area (Å²) in [5.41, 5.74) is 1.36. The summed E-state index contributed by atoms with van der Waals surface area (Å²) in [7, 11) is 1.71. The Morgan fingerprint density at radius 1 is 1.32 bits per heavy atom. The van der Waals surface area contributed by atoms with Gasteiger partial charge in [0.05, 0.1) is 20.2 Å². The molecule has 0 aromatic heterocycles. The van der Waals surface area contributed by atoms with Crippen molar-refractivity contribution in [2.24, 2.45) is 4.99 Å². The number of nitrogens with one attached hydrogen (secondary N) is 1. The molecule has 2 heterocycles. The van der Waals surface area contributed by atoms with Crippen molar-refractivity contribution in [3.8, 4) is 5.75 Å². The maximum atomic E-state index is 13.3. The molecule has 2 aliphatic heterocycles. The molecular weight excluding hydrogens is 317 g/mol. The molecule has 1 saturated heterocycles. The highest BCUT2D eigenvalue weighted by atomic mass is 19.1. The molecule has 4 nitrogen and oxygen atoms in total. The summed E-state index contributed by atoms with van der Waals surface area (Å²) in [4.78, 5) is 6.95. The zero-order chi connectivity index (χ0) is 17.5. The number of piperidine rings is 1. The van der Waals surface area contributed by atoms with E-state index in [2.05, 4.69) is 33.4 Å². The fraction of sp³-hybridized carbons (Fsp3) is 0.450. The number of hydrogen-bond acceptors (Lipinski definition) is 4. The number of nitrogens with zero attached hydrogens (tertiary/aromatic N) is 2. The van der Waals surface area contributed by atoms with Gasteiger partial charge in [0.25, 0.3) is 0 Å². The van der Waals surface area contributed by atoms with Gasteiger partial charge < -0.3 is 10.1 Å². The maximum Gasteiger partial charge on any atom is 0.120 e. The second-order valence-corrected chi connectivity index (χ2v) is 6.49. The lowest BCUT2D eigenvalue weighted by molar-refractivity contribution is 0.237. The molecule has 134 valence electrons. The number of likely N-dealkylation sites (tertiary alicyclic amines) is 1. The summed E-state index contributed by atoms with van der Waals surface area (Å²) in [5, 5.41) is 3.23. The Labute approximate surface area is 149 Å². The van der Waals surface area contributed by atoms with E-state index < -0.39 is 0 Å². The fourth-order valence-corrected chi connectivity index (χ4v) is 3.36. The van der Waals surface area contributed by atoms with Gasteiger partial charge in [0.15, 0.2) is 0 Å². The number of aliphatic imine (C=N–C) groups is 1. The van der Waals surface area contributed by atoms with Gasteiger partial charge in [0.1, 0.15) is 17.4 Å². The third kappa shape index (κ3) is 5.16. The highest BCUT2D eigenvalue weighted by molar-refractivity contribution is 5.84. The van der Waals surface area contributed by atoms with Crippen LogP contribution in [0.25, 0.3) is 0 Å². The third-order valence-corrected chi connectivity index (χ3v) is 4.79. The fourth-order valence-electron chi connectivity index (χ4n) is 3.36. The van der Waals surface area contributed by atoms with Crippen molar-refractivity contribution in [2.75, 3.05) is 39.8 Å². The van der Waals surface area contributed by atoms with Crippen molar-refractivity contribution >= 4 is 5.84 Å². The lowest BCUT2D eigenvalue weighted by Crippen LogP contribution is -2.41. The van der Waals surface area contributed by atoms with Gasteiger partial charge in [-0.3, -0.25) is 9.89 Å². The Bertz CT molecular complexity index is 661. The number of benzene rings is 1. The molecule has 2 aliphatic rings. The molecule has 0 bridgehead atoms. The lowest BCUT2D eigenvalue weighted by Gasteiger charge is -2.32. The van der Waals surface area contributed by atoms with Crippen molar-refractivity contribution in [2.45, 2.75) is 18.8 Å². The molecule has 0 amide bonds. The van der Waals surface area contributed by atoms with Crippen LogP contribution in [0.1, 0.15) is 24.3 Å².